The van der Waals surface area contributed by atoms with Crippen molar-refractivity contribution in [1.29, 1.82) is 0 Å². The maximum atomic E-state index is 12.3. The highest BCUT2D eigenvalue weighted by Crippen LogP contribution is 2.19. The quantitative estimate of drug-likeness (QED) is 0.862. The summed E-state index contributed by atoms with van der Waals surface area (Å²) in [6, 6.07) is 0. The molecule has 106 valence electrons. The Labute approximate surface area is 116 Å². The van der Waals surface area contributed by atoms with Gasteiger partial charge in [0.1, 0.15) is 4.88 Å². The van der Waals surface area contributed by atoms with Gasteiger partial charge in [-0.25, -0.2) is 0 Å². The maximum Gasteiger partial charge on any atom is 0.267 e. The van der Waals surface area contributed by atoms with Crippen molar-refractivity contribution in [3.63, 3.8) is 0 Å². The topological polar surface area (TPSA) is 75.6 Å². The Kier molecular flexibility index (Phi) is 5.24. The molecule has 2 rings (SSSR count). The molecule has 19 heavy (non-hydrogen) atoms. The van der Waals surface area contributed by atoms with Gasteiger partial charge < -0.3 is 14.7 Å². The fourth-order valence-corrected chi connectivity index (χ4v) is 2.91. The van der Waals surface area contributed by atoms with Crippen LogP contribution in [0.25, 0.3) is 0 Å². The van der Waals surface area contributed by atoms with E-state index >= 15 is 0 Å². The number of carbonyl (C=O) groups is 1. The van der Waals surface area contributed by atoms with E-state index in [0.29, 0.717) is 24.6 Å². The molecule has 0 unspecified atom stereocenters. The third-order valence-electron chi connectivity index (χ3n) is 3.26. The fraction of sp³-hybridized carbons (Fsp3) is 0.750. The molecule has 0 aliphatic carbocycles. The van der Waals surface area contributed by atoms with Gasteiger partial charge in [-0.1, -0.05) is 11.4 Å². The van der Waals surface area contributed by atoms with Crippen molar-refractivity contribution in [2.24, 2.45) is 0 Å². The Balaban J connectivity index is 1.89. The molecule has 0 saturated carbocycles. The first-order valence-corrected chi connectivity index (χ1v) is 7.36. The number of nitrogens with zero attached hydrogens (tertiary/aromatic N) is 3. The third kappa shape index (κ3) is 3.49. The lowest BCUT2D eigenvalue weighted by molar-refractivity contribution is -0.00547. The highest BCUT2D eigenvalue weighted by Gasteiger charge is 2.26. The van der Waals surface area contributed by atoms with E-state index in [4.69, 9.17) is 9.84 Å². The molecule has 0 bridgehead atoms. The first-order chi connectivity index (χ1) is 9.26. The Morgan fingerprint density at radius 1 is 1.53 bits per heavy atom. The molecule has 1 aromatic rings. The molecule has 6 nitrogen and oxygen atoms in total. The van der Waals surface area contributed by atoms with Crippen molar-refractivity contribution in [3.8, 4) is 0 Å². The molecule has 0 radical (unpaired) electrons. The number of rotatable bonds is 5. The Morgan fingerprint density at radius 2 is 2.26 bits per heavy atom. The van der Waals surface area contributed by atoms with Crippen molar-refractivity contribution in [2.45, 2.75) is 32.3 Å². The molecule has 1 aromatic heterocycles. The van der Waals surface area contributed by atoms with E-state index in [2.05, 4.69) is 9.59 Å². The average Bonchev–Trinajstić information content (AvgIpc) is 2.93. The molecular weight excluding hydrogens is 266 g/mol. The van der Waals surface area contributed by atoms with Crippen LogP contribution in [-0.4, -0.2) is 57.9 Å². The van der Waals surface area contributed by atoms with Gasteiger partial charge in [0.25, 0.3) is 5.91 Å². The number of amides is 1. The number of hydrogen-bond donors (Lipinski definition) is 1. The van der Waals surface area contributed by atoms with E-state index in [9.17, 15) is 4.79 Å². The average molecular weight is 285 g/mol. The number of carbonyl (C=O) groups excluding carboxylic acids is 1. The SMILES string of the molecule is CCc1nnsc1C(=O)N1CCC(OCCO)CC1. The van der Waals surface area contributed by atoms with Crippen molar-refractivity contribution in [3.05, 3.63) is 10.6 Å². The Morgan fingerprint density at radius 3 is 2.89 bits per heavy atom. The van der Waals surface area contributed by atoms with Crippen LogP contribution in [0, 0.1) is 0 Å². The second kappa shape index (κ2) is 6.93. The number of aliphatic hydroxyl groups excluding tert-OH is 1. The molecule has 0 atom stereocenters. The van der Waals surface area contributed by atoms with Gasteiger partial charge in [-0.05, 0) is 30.8 Å². The van der Waals surface area contributed by atoms with Gasteiger partial charge in [0.05, 0.1) is 25.0 Å². The van der Waals surface area contributed by atoms with Gasteiger partial charge in [0, 0.05) is 13.1 Å². The van der Waals surface area contributed by atoms with Crippen molar-refractivity contribution in [2.75, 3.05) is 26.3 Å². The van der Waals surface area contributed by atoms with Crippen LogP contribution in [0.5, 0.6) is 0 Å². The van der Waals surface area contributed by atoms with Crippen LogP contribution in [0.4, 0.5) is 0 Å². The number of aliphatic hydroxyl groups is 1. The molecule has 1 N–H and O–H groups in total. The first-order valence-electron chi connectivity index (χ1n) is 6.59. The zero-order chi connectivity index (χ0) is 13.7. The number of piperidine rings is 1. The van der Waals surface area contributed by atoms with E-state index in [1.54, 1.807) is 0 Å². The minimum absolute atomic E-state index is 0.0347. The van der Waals surface area contributed by atoms with Crippen LogP contribution in [0.2, 0.25) is 0 Å². The summed E-state index contributed by atoms with van der Waals surface area (Å²) >= 11 is 1.17. The van der Waals surface area contributed by atoms with Gasteiger partial charge in [0.2, 0.25) is 0 Å². The van der Waals surface area contributed by atoms with Crippen molar-refractivity contribution >= 4 is 17.4 Å². The highest BCUT2D eigenvalue weighted by molar-refractivity contribution is 7.08. The predicted molar refractivity (Wildman–Crippen MR) is 71.3 cm³/mol. The lowest BCUT2D eigenvalue weighted by Gasteiger charge is -2.31. The van der Waals surface area contributed by atoms with Crippen LogP contribution >= 0.6 is 11.5 Å². The molecule has 1 fully saturated rings. The summed E-state index contributed by atoms with van der Waals surface area (Å²) in [4.78, 5) is 14.8. The number of likely N-dealkylation sites (tertiary alicyclic amines) is 1. The molecule has 0 aromatic carbocycles. The summed E-state index contributed by atoms with van der Waals surface area (Å²) in [5, 5.41) is 12.7. The number of aryl methyl sites for hydroxylation is 1. The molecule has 2 heterocycles. The number of ether oxygens (including phenoxy) is 1. The molecule has 1 aliphatic heterocycles. The second-order valence-corrected chi connectivity index (χ2v) is 5.24. The Bertz CT molecular complexity index is 416. The largest absolute Gasteiger partial charge is 0.394 e. The predicted octanol–water partition coefficient (Wildman–Crippen LogP) is 0.714. The molecule has 0 spiro atoms. The third-order valence-corrected chi connectivity index (χ3v) is 4.02. The smallest absolute Gasteiger partial charge is 0.267 e. The second-order valence-electron chi connectivity index (χ2n) is 4.49. The lowest BCUT2D eigenvalue weighted by atomic mass is 10.1. The van der Waals surface area contributed by atoms with Gasteiger partial charge in [0.15, 0.2) is 0 Å². The normalized spacial score (nSPS) is 16.8. The van der Waals surface area contributed by atoms with Gasteiger partial charge in [-0.2, -0.15) is 0 Å². The molecule has 1 amide bonds. The minimum atomic E-state index is 0.0347. The minimum Gasteiger partial charge on any atom is -0.394 e. The van der Waals surface area contributed by atoms with Gasteiger partial charge in [-0.15, -0.1) is 5.10 Å². The summed E-state index contributed by atoms with van der Waals surface area (Å²) in [5.74, 6) is 0.0347. The van der Waals surface area contributed by atoms with E-state index in [1.807, 2.05) is 11.8 Å². The van der Waals surface area contributed by atoms with Crippen LogP contribution in [0.15, 0.2) is 0 Å². The van der Waals surface area contributed by atoms with E-state index in [0.717, 1.165) is 25.0 Å². The molecule has 1 aliphatic rings. The van der Waals surface area contributed by atoms with Crippen LogP contribution in [-0.2, 0) is 11.2 Å². The summed E-state index contributed by atoms with van der Waals surface area (Å²) in [7, 11) is 0. The van der Waals surface area contributed by atoms with Crippen molar-refractivity contribution < 1.29 is 14.6 Å². The standard InChI is InChI=1S/C12H19N3O3S/c1-2-10-11(19-14-13-10)12(17)15-5-3-9(4-6-15)18-8-7-16/h9,16H,2-8H2,1H3. The summed E-state index contributed by atoms with van der Waals surface area (Å²) in [5.41, 5.74) is 0.786. The number of hydrogen-bond acceptors (Lipinski definition) is 6. The van der Waals surface area contributed by atoms with Crippen LogP contribution < -0.4 is 0 Å². The lowest BCUT2D eigenvalue weighted by Crippen LogP contribution is -2.41. The fourth-order valence-electron chi connectivity index (χ4n) is 2.19. The summed E-state index contributed by atoms with van der Waals surface area (Å²) in [6.45, 7) is 3.78. The molecule has 7 heteroatoms. The maximum absolute atomic E-state index is 12.3. The van der Waals surface area contributed by atoms with E-state index < -0.39 is 0 Å². The van der Waals surface area contributed by atoms with Crippen LogP contribution in [0.1, 0.15) is 35.1 Å². The van der Waals surface area contributed by atoms with E-state index in [1.165, 1.54) is 11.5 Å². The summed E-state index contributed by atoms with van der Waals surface area (Å²) < 4.78 is 9.34. The van der Waals surface area contributed by atoms with Gasteiger partial charge in [-0.3, -0.25) is 4.79 Å². The molecular formula is C12H19N3O3S. The van der Waals surface area contributed by atoms with E-state index in [-0.39, 0.29) is 18.6 Å². The molecule has 1 saturated heterocycles. The van der Waals surface area contributed by atoms with Crippen molar-refractivity contribution in [1.82, 2.24) is 14.5 Å². The number of aromatic nitrogens is 2. The van der Waals surface area contributed by atoms with Crippen LogP contribution in [0.3, 0.4) is 0 Å². The Hall–Kier alpha value is -1.05. The zero-order valence-electron chi connectivity index (χ0n) is 11.0. The first kappa shape index (κ1) is 14.4. The summed E-state index contributed by atoms with van der Waals surface area (Å²) in [6.07, 6.45) is 2.52. The zero-order valence-corrected chi connectivity index (χ0v) is 11.9. The highest BCUT2D eigenvalue weighted by atomic mass is 32.1. The van der Waals surface area contributed by atoms with Gasteiger partial charge >= 0.3 is 0 Å². The monoisotopic (exact) mass is 285 g/mol.